The zero-order valence-electron chi connectivity index (χ0n) is 10.7. The molecule has 0 radical (unpaired) electrons. The van der Waals surface area contributed by atoms with Crippen molar-refractivity contribution in [3.63, 3.8) is 0 Å². The summed E-state index contributed by atoms with van der Waals surface area (Å²) in [6.45, 7) is 3.49. The number of rotatable bonds is 5. The Labute approximate surface area is 108 Å². The largest absolute Gasteiger partial charge is 0.377 e. The first-order valence-corrected chi connectivity index (χ1v) is 6.37. The summed E-state index contributed by atoms with van der Waals surface area (Å²) < 4.78 is 5.53. The van der Waals surface area contributed by atoms with Gasteiger partial charge in [0.25, 0.3) is 0 Å². The van der Waals surface area contributed by atoms with E-state index in [2.05, 4.69) is 5.32 Å². The summed E-state index contributed by atoms with van der Waals surface area (Å²) in [5.74, 6) is -0.349. The number of ether oxygens (including phenoxy) is 1. The Hall–Kier alpha value is -1.39. The molecule has 2 atom stereocenters. The third-order valence-electron chi connectivity index (χ3n) is 3.23. The molecule has 1 fully saturated rings. The molecule has 1 amide bonds. The molecular formula is C14H20N2O2. The van der Waals surface area contributed by atoms with Crippen molar-refractivity contribution in [1.82, 2.24) is 5.32 Å². The van der Waals surface area contributed by atoms with Crippen LogP contribution in [-0.2, 0) is 9.53 Å². The van der Waals surface area contributed by atoms with Crippen molar-refractivity contribution < 1.29 is 9.53 Å². The summed E-state index contributed by atoms with van der Waals surface area (Å²) in [5, 5.41) is 3.21. The Morgan fingerprint density at radius 3 is 3.06 bits per heavy atom. The van der Waals surface area contributed by atoms with Crippen LogP contribution in [0, 0.1) is 6.92 Å². The van der Waals surface area contributed by atoms with Gasteiger partial charge in [0.2, 0.25) is 5.91 Å². The second kappa shape index (κ2) is 5.98. The van der Waals surface area contributed by atoms with Crippen LogP contribution in [0.1, 0.15) is 30.0 Å². The van der Waals surface area contributed by atoms with Gasteiger partial charge in [-0.1, -0.05) is 29.8 Å². The number of benzene rings is 1. The monoisotopic (exact) mass is 248 g/mol. The van der Waals surface area contributed by atoms with E-state index in [9.17, 15) is 4.79 Å². The van der Waals surface area contributed by atoms with Gasteiger partial charge in [0.05, 0.1) is 6.10 Å². The van der Waals surface area contributed by atoms with Crippen LogP contribution in [0.4, 0.5) is 0 Å². The number of nitrogens with one attached hydrogen (secondary N) is 1. The summed E-state index contributed by atoms with van der Waals surface area (Å²) >= 11 is 0. The molecule has 1 aromatic rings. The standard InChI is InChI=1S/C14H20N2O2/c1-10-4-2-5-11(8-10)13(14(15)17)16-9-12-6-3-7-18-12/h2,4-5,8,12-13,16H,3,6-7,9H2,1H3,(H2,15,17). The minimum atomic E-state index is -0.436. The molecule has 18 heavy (non-hydrogen) atoms. The molecule has 1 heterocycles. The number of primary amides is 1. The van der Waals surface area contributed by atoms with E-state index in [1.54, 1.807) is 0 Å². The predicted molar refractivity (Wildman–Crippen MR) is 70.1 cm³/mol. The molecule has 4 heteroatoms. The molecule has 1 aromatic carbocycles. The molecule has 2 unspecified atom stereocenters. The van der Waals surface area contributed by atoms with Crippen LogP contribution in [-0.4, -0.2) is 25.2 Å². The third-order valence-corrected chi connectivity index (χ3v) is 3.23. The van der Waals surface area contributed by atoms with Crippen molar-refractivity contribution in [3.05, 3.63) is 35.4 Å². The third kappa shape index (κ3) is 3.31. The minimum Gasteiger partial charge on any atom is -0.377 e. The Balaban J connectivity index is 2.01. The average molecular weight is 248 g/mol. The molecule has 98 valence electrons. The van der Waals surface area contributed by atoms with Crippen LogP contribution in [0.25, 0.3) is 0 Å². The molecule has 0 spiro atoms. The number of hydrogen-bond donors (Lipinski definition) is 2. The van der Waals surface area contributed by atoms with Gasteiger partial charge in [-0.05, 0) is 25.3 Å². The molecule has 0 aliphatic carbocycles. The molecule has 3 N–H and O–H groups in total. The van der Waals surface area contributed by atoms with Crippen LogP contribution in [0.2, 0.25) is 0 Å². The quantitative estimate of drug-likeness (QED) is 0.825. The zero-order chi connectivity index (χ0) is 13.0. The van der Waals surface area contributed by atoms with Gasteiger partial charge in [-0.25, -0.2) is 0 Å². The van der Waals surface area contributed by atoms with E-state index in [4.69, 9.17) is 10.5 Å². The van der Waals surface area contributed by atoms with Gasteiger partial charge < -0.3 is 10.5 Å². The lowest BCUT2D eigenvalue weighted by molar-refractivity contribution is -0.120. The van der Waals surface area contributed by atoms with Crippen molar-refractivity contribution in [2.24, 2.45) is 5.73 Å². The van der Waals surface area contributed by atoms with Crippen molar-refractivity contribution in [3.8, 4) is 0 Å². The van der Waals surface area contributed by atoms with Crippen molar-refractivity contribution in [1.29, 1.82) is 0 Å². The summed E-state index contributed by atoms with van der Waals surface area (Å²) in [5.41, 5.74) is 7.50. The van der Waals surface area contributed by atoms with Gasteiger partial charge in [0.1, 0.15) is 6.04 Å². The van der Waals surface area contributed by atoms with Crippen LogP contribution in [0.15, 0.2) is 24.3 Å². The first-order valence-electron chi connectivity index (χ1n) is 6.37. The smallest absolute Gasteiger partial charge is 0.239 e. The first kappa shape index (κ1) is 13.1. The topological polar surface area (TPSA) is 64.3 Å². The fourth-order valence-corrected chi connectivity index (χ4v) is 2.29. The summed E-state index contributed by atoms with van der Waals surface area (Å²) in [7, 11) is 0. The van der Waals surface area contributed by atoms with E-state index in [-0.39, 0.29) is 12.0 Å². The number of carbonyl (C=O) groups excluding carboxylic acids is 1. The van der Waals surface area contributed by atoms with Crippen LogP contribution >= 0.6 is 0 Å². The van der Waals surface area contributed by atoms with Crippen LogP contribution < -0.4 is 11.1 Å². The van der Waals surface area contributed by atoms with Crippen LogP contribution in [0.5, 0.6) is 0 Å². The van der Waals surface area contributed by atoms with Gasteiger partial charge >= 0.3 is 0 Å². The Morgan fingerprint density at radius 1 is 1.61 bits per heavy atom. The summed E-state index contributed by atoms with van der Waals surface area (Å²) in [4.78, 5) is 11.5. The van der Waals surface area contributed by atoms with Gasteiger partial charge in [0.15, 0.2) is 0 Å². The summed E-state index contributed by atoms with van der Waals surface area (Å²) in [6, 6.07) is 7.41. The molecule has 2 rings (SSSR count). The number of nitrogens with two attached hydrogens (primary N) is 1. The molecular weight excluding hydrogens is 228 g/mol. The van der Waals surface area contributed by atoms with E-state index < -0.39 is 6.04 Å². The Morgan fingerprint density at radius 2 is 2.44 bits per heavy atom. The fraction of sp³-hybridized carbons (Fsp3) is 0.500. The summed E-state index contributed by atoms with van der Waals surface area (Å²) in [6.07, 6.45) is 2.35. The minimum absolute atomic E-state index is 0.205. The molecule has 1 saturated heterocycles. The highest BCUT2D eigenvalue weighted by Gasteiger charge is 2.21. The van der Waals surface area contributed by atoms with Crippen molar-refractivity contribution in [2.75, 3.05) is 13.2 Å². The van der Waals surface area contributed by atoms with Gasteiger partial charge in [-0.2, -0.15) is 0 Å². The zero-order valence-corrected chi connectivity index (χ0v) is 10.7. The maximum atomic E-state index is 11.5. The van der Waals surface area contributed by atoms with E-state index in [0.29, 0.717) is 6.54 Å². The molecule has 0 aromatic heterocycles. The molecule has 1 aliphatic rings. The molecule has 4 nitrogen and oxygen atoms in total. The lowest BCUT2D eigenvalue weighted by atomic mass is 10.0. The van der Waals surface area contributed by atoms with Gasteiger partial charge in [-0.15, -0.1) is 0 Å². The van der Waals surface area contributed by atoms with E-state index in [0.717, 1.165) is 30.6 Å². The molecule has 0 saturated carbocycles. The Bertz CT molecular complexity index is 414. The maximum absolute atomic E-state index is 11.5. The van der Waals surface area contributed by atoms with E-state index in [1.807, 2.05) is 31.2 Å². The van der Waals surface area contributed by atoms with Gasteiger partial charge in [0, 0.05) is 13.2 Å². The number of carbonyl (C=O) groups is 1. The van der Waals surface area contributed by atoms with Crippen molar-refractivity contribution in [2.45, 2.75) is 31.9 Å². The molecule has 1 aliphatic heterocycles. The van der Waals surface area contributed by atoms with Crippen molar-refractivity contribution >= 4 is 5.91 Å². The maximum Gasteiger partial charge on any atom is 0.239 e. The fourth-order valence-electron chi connectivity index (χ4n) is 2.29. The van der Waals surface area contributed by atoms with Crippen LogP contribution in [0.3, 0.4) is 0 Å². The SMILES string of the molecule is Cc1cccc(C(NCC2CCCO2)C(N)=O)c1. The highest BCUT2D eigenvalue weighted by atomic mass is 16.5. The van der Waals surface area contributed by atoms with E-state index in [1.165, 1.54) is 0 Å². The number of aryl methyl sites for hydroxylation is 1. The number of amides is 1. The normalized spacial score (nSPS) is 20.8. The van der Waals surface area contributed by atoms with Gasteiger partial charge in [-0.3, -0.25) is 10.1 Å². The number of hydrogen-bond acceptors (Lipinski definition) is 3. The Kier molecular flexibility index (Phi) is 4.33. The lowest BCUT2D eigenvalue weighted by Crippen LogP contribution is -2.37. The predicted octanol–water partition coefficient (Wildman–Crippen LogP) is 1.29. The van der Waals surface area contributed by atoms with E-state index >= 15 is 0 Å². The average Bonchev–Trinajstić information content (AvgIpc) is 2.82. The molecule has 0 bridgehead atoms. The second-order valence-electron chi connectivity index (χ2n) is 4.79. The second-order valence-corrected chi connectivity index (χ2v) is 4.79. The highest BCUT2D eigenvalue weighted by molar-refractivity contribution is 5.81. The lowest BCUT2D eigenvalue weighted by Gasteiger charge is -2.18. The highest BCUT2D eigenvalue weighted by Crippen LogP contribution is 2.16. The first-order chi connectivity index (χ1) is 8.66.